The zero-order valence-electron chi connectivity index (χ0n) is 13.2. The smallest absolute Gasteiger partial charge is 0.329 e. The number of carbonyl (C=O) groups excluding carboxylic acids is 1. The van der Waals surface area contributed by atoms with E-state index in [1.165, 1.54) is 26.0 Å². The number of carbonyl (C=O) groups is 2. The molecule has 0 radical (unpaired) electrons. The summed E-state index contributed by atoms with van der Waals surface area (Å²) in [5.74, 6) is -2.06. The van der Waals surface area contributed by atoms with Crippen LogP contribution in [0.15, 0.2) is 48.5 Å². The molecule has 0 bridgehead atoms. The third-order valence-electron chi connectivity index (χ3n) is 4.04. The Morgan fingerprint density at radius 2 is 1.88 bits per heavy atom. The highest BCUT2D eigenvalue weighted by molar-refractivity contribution is 6.06. The van der Waals surface area contributed by atoms with E-state index in [1.54, 1.807) is 30.3 Å². The number of carboxylic acid groups (broad SMARTS) is 1. The number of hydrogen-bond acceptors (Lipinski definition) is 3. The second-order valence-corrected chi connectivity index (χ2v) is 6.06. The van der Waals surface area contributed by atoms with Crippen molar-refractivity contribution in [2.24, 2.45) is 0 Å². The Bertz CT molecular complexity index is 804. The molecule has 0 spiro atoms. The number of fused-ring (bicyclic) bond motifs is 1. The summed E-state index contributed by atoms with van der Waals surface area (Å²) in [5, 5.41) is 9.53. The molecule has 6 heteroatoms. The van der Waals surface area contributed by atoms with Crippen molar-refractivity contribution in [1.29, 1.82) is 0 Å². The number of rotatable bonds is 3. The summed E-state index contributed by atoms with van der Waals surface area (Å²) < 4.78 is 19.4. The summed E-state index contributed by atoms with van der Waals surface area (Å²) >= 11 is 0. The molecule has 3 rings (SSSR count). The Morgan fingerprint density at radius 1 is 1.21 bits per heavy atom. The van der Waals surface area contributed by atoms with Gasteiger partial charge >= 0.3 is 5.97 Å². The van der Waals surface area contributed by atoms with Crippen LogP contribution in [-0.2, 0) is 9.59 Å². The molecule has 1 amide bonds. The molecule has 0 saturated carbocycles. The van der Waals surface area contributed by atoms with Gasteiger partial charge in [-0.15, -0.1) is 0 Å². The molecule has 1 aliphatic rings. The van der Waals surface area contributed by atoms with Crippen molar-refractivity contribution in [1.82, 2.24) is 0 Å². The fourth-order valence-electron chi connectivity index (χ4n) is 2.69. The van der Waals surface area contributed by atoms with Crippen molar-refractivity contribution in [3.05, 3.63) is 59.9 Å². The van der Waals surface area contributed by atoms with Gasteiger partial charge in [-0.3, -0.25) is 9.69 Å². The van der Waals surface area contributed by atoms with Gasteiger partial charge in [0.05, 0.1) is 5.69 Å². The molecule has 24 heavy (non-hydrogen) atoms. The first-order valence-corrected chi connectivity index (χ1v) is 7.41. The number of nitrogens with zero attached hydrogens (tertiary/aromatic N) is 1. The lowest BCUT2D eigenvalue weighted by molar-refractivity contribution is -0.145. The van der Waals surface area contributed by atoms with E-state index in [9.17, 15) is 19.1 Å². The van der Waals surface area contributed by atoms with Gasteiger partial charge in [0, 0.05) is 11.6 Å². The molecule has 124 valence electrons. The Hall–Kier alpha value is -2.89. The summed E-state index contributed by atoms with van der Waals surface area (Å²) in [5.41, 5.74) is -0.848. The SMILES string of the molecule is CC(C)(C(=O)O)N1C(=O)C(c2ccccc2)Oc2ccc(F)cc21. The van der Waals surface area contributed by atoms with E-state index in [0.29, 0.717) is 5.56 Å². The molecule has 1 N–H and O–H groups in total. The van der Waals surface area contributed by atoms with Crippen LogP contribution >= 0.6 is 0 Å². The first-order valence-electron chi connectivity index (χ1n) is 7.41. The zero-order chi connectivity index (χ0) is 17.5. The van der Waals surface area contributed by atoms with Gasteiger partial charge in [-0.2, -0.15) is 0 Å². The number of amides is 1. The van der Waals surface area contributed by atoms with E-state index >= 15 is 0 Å². The lowest BCUT2D eigenvalue weighted by Crippen LogP contribution is -2.57. The minimum absolute atomic E-state index is 0.111. The normalized spacial score (nSPS) is 17.2. The minimum Gasteiger partial charge on any atom is -0.480 e. The van der Waals surface area contributed by atoms with Crippen molar-refractivity contribution < 1.29 is 23.8 Å². The summed E-state index contributed by atoms with van der Waals surface area (Å²) in [6, 6.07) is 12.5. The molecule has 0 aromatic heterocycles. The van der Waals surface area contributed by atoms with Gasteiger partial charge in [0.25, 0.3) is 5.91 Å². The number of ether oxygens (including phenoxy) is 1. The van der Waals surface area contributed by atoms with E-state index in [4.69, 9.17) is 4.74 Å². The Morgan fingerprint density at radius 3 is 2.50 bits per heavy atom. The second kappa shape index (κ2) is 5.63. The molecule has 1 aliphatic heterocycles. The average Bonchev–Trinajstić information content (AvgIpc) is 2.54. The number of hydrogen-bond donors (Lipinski definition) is 1. The van der Waals surface area contributed by atoms with E-state index in [2.05, 4.69) is 0 Å². The van der Waals surface area contributed by atoms with Gasteiger partial charge in [0.15, 0.2) is 0 Å². The van der Waals surface area contributed by atoms with E-state index in [-0.39, 0.29) is 11.4 Å². The second-order valence-electron chi connectivity index (χ2n) is 6.06. The highest BCUT2D eigenvalue weighted by atomic mass is 19.1. The number of benzene rings is 2. The number of anilines is 1. The third-order valence-corrected chi connectivity index (χ3v) is 4.04. The summed E-state index contributed by atoms with van der Waals surface area (Å²) in [6.45, 7) is 2.80. The molecule has 2 aromatic rings. The van der Waals surface area contributed by atoms with Crippen LogP contribution in [0.3, 0.4) is 0 Å². The van der Waals surface area contributed by atoms with Gasteiger partial charge in [-0.1, -0.05) is 30.3 Å². The monoisotopic (exact) mass is 329 g/mol. The highest BCUT2D eigenvalue weighted by Crippen LogP contribution is 2.42. The standard InChI is InChI=1S/C18H16FNO4/c1-18(2,17(22)23)20-13-10-12(19)8-9-14(13)24-15(16(20)21)11-6-4-3-5-7-11/h3-10,15H,1-2H3,(H,22,23). The molecule has 0 aliphatic carbocycles. The maximum Gasteiger partial charge on any atom is 0.329 e. The number of halogens is 1. The molecule has 0 fully saturated rings. The van der Waals surface area contributed by atoms with Crippen molar-refractivity contribution in [3.63, 3.8) is 0 Å². The largest absolute Gasteiger partial charge is 0.480 e. The lowest BCUT2D eigenvalue weighted by atomic mass is 9.97. The molecule has 0 saturated heterocycles. The quantitative estimate of drug-likeness (QED) is 0.939. The van der Waals surface area contributed by atoms with Crippen LogP contribution in [0.1, 0.15) is 25.5 Å². The van der Waals surface area contributed by atoms with Crippen LogP contribution in [0.4, 0.5) is 10.1 Å². The highest BCUT2D eigenvalue weighted by Gasteiger charge is 2.46. The van der Waals surface area contributed by atoms with Crippen LogP contribution < -0.4 is 9.64 Å². The van der Waals surface area contributed by atoms with Gasteiger partial charge in [-0.25, -0.2) is 9.18 Å². The van der Waals surface area contributed by atoms with Crippen molar-refractivity contribution in [2.75, 3.05) is 4.90 Å². The predicted octanol–water partition coefficient (Wildman–Crippen LogP) is 3.16. The molecular formula is C18H16FNO4. The van der Waals surface area contributed by atoms with Crippen LogP contribution in [-0.4, -0.2) is 22.5 Å². The minimum atomic E-state index is -1.56. The van der Waals surface area contributed by atoms with E-state index in [1.807, 2.05) is 0 Å². The Kier molecular flexibility index (Phi) is 3.75. The maximum absolute atomic E-state index is 13.7. The van der Waals surface area contributed by atoms with Crippen LogP contribution in [0.25, 0.3) is 0 Å². The molecule has 1 heterocycles. The number of aliphatic carboxylic acids is 1. The average molecular weight is 329 g/mol. The van der Waals surface area contributed by atoms with Gasteiger partial charge < -0.3 is 9.84 Å². The van der Waals surface area contributed by atoms with Crippen molar-refractivity contribution in [3.8, 4) is 5.75 Å². The summed E-state index contributed by atoms with van der Waals surface area (Å²) in [7, 11) is 0. The molecular weight excluding hydrogens is 313 g/mol. The van der Waals surface area contributed by atoms with Gasteiger partial charge in [-0.05, 0) is 26.0 Å². The lowest BCUT2D eigenvalue weighted by Gasteiger charge is -2.41. The fraction of sp³-hybridized carbons (Fsp3) is 0.222. The molecule has 1 atom stereocenters. The van der Waals surface area contributed by atoms with Crippen LogP contribution in [0.2, 0.25) is 0 Å². The fourth-order valence-corrected chi connectivity index (χ4v) is 2.69. The molecule has 5 nitrogen and oxygen atoms in total. The maximum atomic E-state index is 13.7. The predicted molar refractivity (Wildman–Crippen MR) is 85.4 cm³/mol. The van der Waals surface area contributed by atoms with Crippen LogP contribution in [0.5, 0.6) is 5.75 Å². The summed E-state index contributed by atoms with van der Waals surface area (Å²) in [4.78, 5) is 25.7. The molecule has 1 unspecified atom stereocenters. The van der Waals surface area contributed by atoms with Crippen LogP contribution in [0, 0.1) is 5.82 Å². The first kappa shape index (κ1) is 16.0. The van der Waals surface area contributed by atoms with Gasteiger partial charge in [0.2, 0.25) is 6.10 Å². The van der Waals surface area contributed by atoms with E-state index in [0.717, 1.165) is 11.0 Å². The van der Waals surface area contributed by atoms with Crippen molar-refractivity contribution >= 4 is 17.6 Å². The Labute approximate surface area is 138 Å². The third kappa shape index (κ3) is 2.50. The van der Waals surface area contributed by atoms with E-state index < -0.39 is 29.3 Å². The van der Waals surface area contributed by atoms with Gasteiger partial charge in [0.1, 0.15) is 17.1 Å². The molecule has 2 aromatic carbocycles. The zero-order valence-corrected chi connectivity index (χ0v) is 13.2. The first-order chi connectivity index (χ1) is 11.3. The van der Waals surface area contributed by atoms with Crippen molar-refractivity contribution in [2.45, 2.75) is 25.5 Å². The topological polar surface area (TPSA) is 66.8 Å². The summed E-state index contributed by atoms with van der Waals surface area (Å²) in [6.07, 6.45) is -0.984. The Balaban J connectivity index is 2.17. The number of carboxylic acids is 1.